The van der Waals surface area contributed by atoms with E-state index in [9.17, 15) is 9.59 Å². The number of hydrogen-bond donors (Lipinski definition) is 1. The van der Waals surface area contributed by atoms with Crippen LogP contribution in [0.2, 0.25) is 10.0 Å². The van der Waals surface area contributed by atoms with Crippen LogP contribution < -0.4 is 15.0 Å². The van der Waals surface area contributed by atoms with E-state index in [-0.39, 0.29) is 18.4 Å². The number of carbonyl (C=O) groups excluding carboxylic acids is 2. The van der Waals surface area contributed by atoms with E-state index in [2.05, 4.69) is 10.2 Å². The van der Waals surface area contributed by atoms with Crippen molar-refractivity contribution in [3.05, 3.63) is 87.9 Å². The van der Waals surface area contributed by atoms with Gasteiger partial charge in [-0.2, -0.15) is 0 Å². The second kappa shape index (κ2) is 10.8. The van der Waals surface area contributed by atoms with Crippen LogP contribution in [0.25, 0.3) is 0 Å². The normalized spacial score (nSPS) is 13.5. The number of nitrogens with zero attached hydrogens (tertiary/aromatic N) is 2. The second-order valence-electron chi connectivity index (χ2n) is 8.10. The number of amides is 2. The minimum atomic E-state index is -0.290. The van der Waals surface area contributed by atoms with Gasteiger partial charge in [0.2, 0.25) is 0 Å². The Morgan fingerprint density at radius 3 is 2.24 bits per heavy atom. The molecule has 0 unspecified atom stereocenters. The number of aryl methyl sites for hydroxylation is 1. The first-order valence-corrected chi connectivity index (χ1v) is 11.7. The topological polar surface area (TPSA) is 61.9 Å². The van der Waals surface area contributed by atoms with Crippen LogP contribution in [0.1, 0.15) is 15.9 Å². The molecule has 4 rings (SSSR count). The highest BCUT2D eigenvalue weighted by atomic mass is 35.5. The molecule has 1 aliphatic heterocycles. The first kappa shape index (κ1) is 23.9. The molecule has 0 aliphatic carbocycles. The van der Waals surface area contributed by atoms with E-state index in [1.807, 2.05) is 60.4 Å². The smallest absolute Gasteiger partial charge is 0.262 e. The van der Waals surface area contributed by atoms with Crippen LogP contribution >= 0.6 is 23.2 Å². The van der Waals surface area contributed by atoms with Gasteiger partial charge in [0, 0.05) is 48.1 Å². The fraction of sp³-hybridized carbons (Fsp3) is 0.231. The average molecular weight is 498 g/mol. The van der Waals surface area contributed by atoms with Crippen LogP contribution in [0.15, 0.2) is 66.7 Å². The van der Waals surface area contributed by atoms with Crippen molar-refractivity contribution in [2.45, 2.75) is 6.92 Å². The Morgan fingerprint density at radius 1 is 0.912 bits per heavy atom. The zero-order chi connectivity index (χ0) is 24.1. The van der Waals surface area contributed by atoms with Crippen LogP contribution in [0.3, 0.4) is 0 Å². The monoisotopic (exact) mass is 497 g/mol. The van der Waals surface area contributed by atoms with Crippen molar-refractivity contribution in [2.75, 3.05) is 43.0 Å². The third-order valence-electron chi connectivity index (χ3n) is 5.63. The van der Waals surface area contributed by atoms with E-state index in [0.717, 1.165) is 29.9 Å². The molecule has 1 N–H and O–H groups in total. The summed E-state index contributed by atoms with van der Waals surface area (Å²) < 4.78 is 5.47. The van der Waals surface area contributed by atoms with Crippen LogP contribution in [-0.4, -0.2) is 49.5 Å². The Labute approximate surface area is 209 Å². The summed E-state index contributed by atoms with van der Waals surface area (Å²) in [6.07, 6.45) is 0. The maximum absolute atomic E-state index is 12.7. The number of rotatable bonds is 6. The summed E-state index contributed by atoms with van der Waals surface area (Å²) >= 11 is 11.9. The molecule has 6 nitrogen and oxygen atoms in total. The summed E-state index contributed by atoms with van der Waals surface area (Å²) in [5.41, 5.74) is 3.58. The Balaban J connectivity index is 1.26. The minimum Gasteiger partial charge on any atom is -0.482 e. The van der Waals surface area contributed by atoms with Gasteiger partial charge in [-0.25, -0.2) is 0 Å². The Bertz CT molecular complexity index is 1160. The maximum atomic E-state index is 12.7. The lowest BCUT2D eigenvalue weighted by molar-refractivity contribution is -0.118. The fourth-order valence-electron chi connectivity index (χ4n) is 3.73. The molecular weight excluding hydrogens is 473 g/mol. The van der Waals surface area contributed by atoms with Crippen LogP contribution in [0.4, 0.5) is 11.4 Å². The van der Waals surface area contributed by atoms with Crippen LogP contribution in [0.5, 0.6) is 5.75 Å². The lowest BCUT2D eigenvalue weighted by Gasteiger charge is -2.36. The molecule has 3 aromatic rings. The SMILES string of the molecule is Cc1ccc(C(=O)N2CCN(c3ccc(NC(=O)COc4ccc(Cl)cc4Cl)cc3)CC2)cc1. The number of piperazine rings is 1. The summed E-state index contributed by atoms with van der Waals surface area (Å²) in [4.78, 5) is 29.1. The van der Waals surface area contributed by atoms with Gasteiger partial charge in [0.05, 0.1) is 5.02 Å². The van der Waals surface area contributed by atoms with Crippen LogP contribution in [0, 0.1) is 6.92 Å². The van der Waals surface area contributed by atoms with Gasteiger partial charge in [-0.15, -0.1) is 0 Å². The number of halogens is 2. The van der Waals surface area contributed by atoms with Gasteiger partial charge in [-0.1, -0.05) is 40.9 Å². The van der Waals surface area contributed by atoms with Crippen molar-refractivity contribution in [3.8, 4) is 5.75 Å². The van der Waals surface area contributed by atoms with Crippen LogP contribution in [-0.2, 0) is 4.79 Å². The molecule has 0 spiro atoms. The van der Waals surface area contributed by atoms with E-state index in [1.165, 1.54) is 0 Å². The number of nitrogens with one attached hydrogen (secondary N) is 1. The van der Waals surface area contributed by atoms with Crippen molar-refractivity contribution in [3.63, 3.8) is 0 Å². The zero-order valence-electron chi connectivity index (χ0n) is 18.8. The van der Waals surface area contributed by atoms with Gasteiger partial charge < -0.3 is 19.9 Å². The summed E-state index contributed by atoms with van der Waals surface area (Å²) in [6, 6.07) is 20.2. The highest BCUT2D eigenvalue weighted by Crippen LogP contribution is 2.27. The first-order chi connectivity index (χ1) is 16.4. The molecule has 1 fully saturated rings. The molecule has 0 radical (unpaired) electrons. The van der Waals surface area contributed by atoms with E-state index in [4.69, 9.17) is 27.9 Å². The quantitative estimate of drug-likeness (QED) is 0.503. The Hall–Kier alpha value is -3.22. The molecule has 0 bridgehead atoms. The van der Waals surface area contributed by atoms with Crippen molar-refractivity contribution in [1.29, 1.82) is 0 Å². The standard InChI is InChI=1S/C26H25Cl2N3O3/c1-18-2-4-19(5-3-18)26(33)31-14-12-30(13-15-31)22-9-7-21(8-10-22)29-25(32)17-34-24-11-6-20(27)16-23(24)28/h2-11,16H,12-15,17H2,1H3,(H,29,32). The summed E-state index contributed by atoms with van der Waals surface area (Å²) in [5, 5.41) is 3.67. The molecule has 3 aromatic carbocycles. The highest BCUT2D eigenvalue weighted by molar-refractivity contribution is 6.35. The number of hydrogen-bond acceptors (Lipinski definition) is 4. The number of ether oxygens (including phenoxy) is 1. The molecular formula is C26H25Cl2N3O3. The van der Waals surface area contributed by atoms with E-state index >= 15 is 0 Å². The Morgan fingerprint density at radius 2 is 1.59 bits per heavy atom. The third kappa shape index (κ3) is 6.01. The molecule has 1 heterocycles. The predicted molar refractivity (Wildman–Crippen MR) is 136 cm³/mol. The van der Waals surface area contributed by atoms with Crippen molar-refractivity contribution in [2.24, 2.45) is 0 Å². The van der Waals surface area contributed by atoms with Gasteiger partial charge in [0.15, 0.2) is 6.61 Å². The molecule has 34 heavy (non-hydrogen) atoms. The first-order valence-electron chi connectivity index (χ1n) is 11.0. The number of benzene rings is 3. The number of carbonyl (C=O) groups is 2. The van der Waals surface area contributed by atoms with Crippen molar-refractivity contribution >= 4 is 46.4 Å². The second-order valence-corrected chi connectivity index (χ2v) is 8.95. The molecule has 0 atom stereocenters. The van der Waals surface area contributed by atoms with Gasteiger partial charge >= 0.3 is 0 Å². The average Bonchev–Trinajstić information content (AvgIpc) is 2.84. The van der Waals surface area contributed by atoms with E-state index < -0.39 is 0 Å². The summed E-state index contributed by atoms with van der Waals surface area (Å²) in [6.45, 7) is 4.67. The summed E-state index contributed by atoms with van der Waals surface area (Å²) in [5.74, 6) is 0.179. The molecule has 1 saturated heterocycles. The third-order valence-corrected chi connectivity index (χ3v) is 6.16. The lowest BCUT2D eigenvalue weighted by Crippen LogP contribution is -2.48. The van der Waals surface area contributed by atoms with Gasteiger partial charge in [0.1, 0.15) is 5.75 Å². The highest BCUT2D eigenvalue weighted by Gasteiger charge is 2.22. The molecule has 0 aromatic heterocycles. The minimum absolute atomic E-state index is 0.0693. The zero-order valence-corrected chi connectivity index (χ0v) is 20.3. The maximum Gasteiger partial charge on any atom is 0.262 e. The van der Waals surface area contributed by atoms with Crippen molar-refractivity contribution in [1.82, 2.24) is 4.90 Å². The fourth-order valence-corrected chi connectivity index (χ4v) is 4.20. The lowest BCUT2D eigenvalue weighted by atomic mass is 10.1. The molecule has 176 valence electrons. The largest absolute Gasteiger partial charge is 0.482 e. The van der Waals surface area contributed by atoms with Crippen molar-refractivity contribution < 1.29 is 14.3 Å². The molecule has 2 amide bonds. The molecule has 0 saturated carbocycles. The van der Waals surface area contributed by atoms with Gasteiger partial charge in [-0.05, 0) is 61.5 Å². The summed E-state index contributed by atoms with van der Waals surface area (Å²) in [7, 11) is 0. The Kier molecular flexibility index (Phi) is 7.60. The van der Waals surface area contributed by atoms with Gasteiger partial charge in [-0.3, -0.25) is 9.59 Å². The molecule has 8 heteroatoms. The van der Waals surface area contributed by atoms with E-state index in [0.29, 0.717) is 34.6 Å². The molecule has 1 aliphatic rings. The van der Waals surface area contributed by atoms with Gasteiger partial charge in [0.25, 0.3) is 11.8 Å². The predicted octanol–water partition coefficient (Wildman–Crippen LogP) is 5.28. The number of anilines is 2. The van der Waals surface area contributed by atoms with E-state index in [1.54, 1.807) is 18.2 Å².